The van der Waals surface area contributed by atoms with Crippen molar-refractivity contribution in [2.75, 3.05) is 36.2 Å². The molecule has 3 rings (SSSR count). The van der Waals surface area contributed by atoms with Crippen molar-refractivity contribution in [2.24, 2.45) is 0 Å². The van der Waals surface area contributed by atoms with Crippen molar-refractivity contribution in [2.45, 2.75) is 6.42 Å². The zero-order valence-corrected chi connectivity index (χ0v) is 12.3. The van der Waals surface area contributed by atoms with E-state index in [0.29, 0.717) is 5.56 Å². The molecule has 1 heterocycles. The van der Waals surface area contributed by atoms with Crippen LogP contribution in [0.15, 0.2) is 42.5 Å². The van der Waals surface area contributed by atoms with Crippen LogP contribution in [0.5, 0.6) is 0 Å². The summed E-state index contributed by atoms with van der Waals surface area (Å²) in [5.41, 5.74) is 5.02. The molecule has 1 aliphatic rings. The number of hydrogen-bond donors (Lipinski definition) is 2. The van der Waals surface area contributed by atoms with E-state index in [-0.39, 0.29) is 5.91 Å². The van der Waals surface area contributed by atoms with Crippen molar-refractivity contribution < 1.29 is 4.79 Å². The minimum atomic E-state index is -0.0776. The van der Waals surface area contributed by atoms with Gasteiger partial charge in [-0.15, -0.1) is 0 Å². The summed E-state index contributed by atoms with van der Waals surface area (Å²) in [6.07, 6.45) is 1.01. The number of anilines is 3. The number of nitrogens with zero attached hydrogens (tertiary/aromatic N) is 1. The Labute approximate surface area is 124 Å². The monoisotopic (exact) mass is 281 g/mol. The van der Waals surface area contributed by atoms with Gasteiger partial charge in [0.15, 0.2) is 0 Å². The maximum Gasteiger partial charge on any atom is 0.255 e. The highest BCUT2D eigenvalue weighted by Crippen LogP contribution is 2.25. The van der Waals surface area contributed by atoms with Gasteiger partial charge in [0.2, 0.25) is 0 Å². The number of benzene rings is 2. The van der Waals surface area contributed by atoms with Gasteiger partial charge in [0.1, 0.15) is 0 Å². The molecule has 0 unspecified atom stereocenters. The molecule has 108 valence electrons. The molecule has 4 nitrogen and oxygen atoms in total. The van der Waals surface area contributed by atoms with Crippen LogP contribution in [0, 0.1) is 0 Å². The summed E-state index contributed by atoms with van der Waals surface area (Å²) in [7, 11) is 3.96. The molecule has 0 aliphatic carbocycles. The number of hydrogen-bond acceptors (Lipinski definition) is 3. The maximum absolute atomic E-state index is 12.3. The van der Waals surface area contributed by atoms with E-state index < -0.39 is 0 Å². The largest absolute Gasteiger partial charge is 0.384 e. The van der Waals surface area contributed by atoms with Gasteiger partial charge >= 0.3 is 0 Å². The molecule has 0 spiro atoms. The predicted octanol–water partition coefficient (Wildman–Crippen LogP) is 2.97. The smallest absolute Gasteiger partial charge is 0.255 e. The lowest BCUT2D eigenvalue weighted by molar-refractivity contribution is 0.102. The number of rotatable bonds is 3. The molecule has 2 N–H and O–H groups in total. The zero-order chi connectivity index (χ0) is 14.8. The molecule has 0 fully saturated rings. The summed E-state index contributed by atoms with van der Waals surface area (Å²) >= 11 is 0. The summed E-state index contributed by atoms with van der Waals surface area (Å²) in [5, 5.41) is 6.27. The first-order valence-corrected chi connectivity index (χ1v) is 7.09. The van der Waals surface area contributed by atoms with Gasteiger partial charge in [-0.25, -0.2) is 0 Å². The summed E-state index contributed by atoms with van der Waals surface area (Å²) in [5.74, 6) is -0.0776. The van der Waals surface area contributed by atoms with Crippen molar-refractivity contribution in [3.8, 4) is 0 Å². The first kappa shape index (κ1) is 13.5. The zero-order valence-electron chi connectivity index (χ0n) is 12.3. The SMILES string of the molecule is CN(C)c1ccc(C(=O)Nc2ccc3c(c2)CCN3)cc1. The summed E-state index contributed by atoms with van der Waals surface area (Å²) in [4.78, 5) is 14.3. The highest BCUT2D eigenvalue weighted by Gasteiger charge is 2.12. The van der Waals surface area contributed by atoms with Gasteiger partial charge in [-0.2, -0.15) is 0 Å². The van der Waals surface area contributed by atoms with Gasteiger partial charge in [-0.3, -0.25) is 4.79 Å². The van der Waals surface area contributed by atoms with Crippen LogP contribution in [-0.2, 0) is 6.42 Å². The minimum Gasteiger partial charge on any atom is -0.384 e. The fourth-order valence-electron chi connectivity index (χ4n) is 2.50. The lowest BCUT2D eigenvalue weighted by Gasteiger charge is -2.13. The fourth-order valence-corrected chi connectivity index (χ4v) is 2.50. The minimum absolute atomic E-state index is 0.0776. The van der Waals surface area contributed by atoms with E-state index in [1.807, 2.05) is 61.5 Å². The predicted molar refractivity (Wildman–Crippen MR) is 87.4 cm³/mol. The molecule has 21 heavy (non-hydrogen) atoms. The van der Waals surface area contributed by atoms with Crippen molar-refractivity contribution in [3.05, 3.63) is 53.6 Å². The van der Waals surface area contributed by atoms with Gasteiger partial charge in [-0.05, 0) is 54.4 Å². The Balaban J connectivity index is 1.74. The molecule has 0 atom stereocenters. The van der Waals surface area contributed by atoms with Crippen molar-refractivity contribution in [3.63, 3.8) is 0 Å². The lowest BCUT2D eigenvalue weighted by Crippen LogP contribution is -2.13. The van der Waals surface area contributed by atoms with Crippen LogP contribution in [0.2, 0.25) is 0 Å². The van der Waals surface area contributed by atoms with Crippen molar-refractivity contribution in [1.29, 1.82) is 0 Å². The Morgan fingerprint density at radius 1 is 1.14 bits per heavy atom. The molecule has 2 aromatic carbocycles. The Bertz CT molecular complexity index is 662. The average molecular weight is 281 g/mol. The van der Waals surface area contributed by atoms with E-state index in [9.17, 15) is 4.79 Å². The molecule has 0 saturated heterocycles. The third-order valence-electron chi connectivity index (χ3n) is 3.72. The number of nitrogens with one attached hydrogen (secondary N) is 2. The molecule has 0 aromatic heterocycles. The first-order chi connectivity index (χ1) is 10.1. The van der Waals surface area contributed by atoms with Crippen molar-refractivity contribution >= 4 is 23.0 Å². The topological polar surface area (TPSA) is 44.4 Å². The number of fused-ring (bicyclic) bond motifs is 1. The molecular formula is C17H19N3O. The summed E-state index contributed by atoms with van der Waals surface area (Å²) in [6.45, 7) is 0.971. The molecular weight excluding hydrogens is 262 g/mol. The number of carbonyl (C=O) groups excluding carboxylic acids is 1. The lowest BCUT2D eigenvalue weighted by atomic mass is 10.1. The molecule has 4 heteroatoms. The molecule has 1 aliphatic heterocycles. The standard InChI is InChI=1S/C17H19N3O/c1-20(2)15-6-3-12(4-7-15)17(21)19-14-5-8-16-13(11-14)9-10-18-16/h3-8,11,18H,9-10H2,1-2H3,(H,19,21). The van der Waals surface area contributed by atoms with Gasteiger partial charge in [0.25, 0.3) is 5.91 Å². The Morgan fingerprint density at radius 2 is 1.90 bits per heavy atom. The second kappa shape index (κ2) is 5.48. The maximum atomic E-state index is 12.3. The molecule has 0 bridgehead atoms. The summed E-state index contributed by atoms with van der Waals surface area (Å²) in [6, 6.07) is 13.6. The average Bonchev–Trinajstić information content (AvgIpc) is 2.95. The third-order valence-corrected chi connectivity index (χ3v) is 3.72. The third kappa shape index (κ3) is 2.84. The second-order valence-corrected chi connectivity index (χ2v) is 5.44. The normalized spacial score (nSPS) is 12.5. The molecule has 1 amide bonds. The quantitative estimate of drug-likeness (QED) is 0.909. The van der Waals surface area contributed by atoms with Crippen LogP contribution in [-0.4, -0.2) is 26.5 Å². The fraction of sp³-hybridized carbons (Fsp3) is 0.235. The molecule has 0 saturated carbocycles. The Hall–Kier alpha value is -2.49. The van der Waals surface area contributed by atoms with Gasteiger partial charge in [0.05, 0.1) is 0 Å². The van der Waals surface area contributed by atoms with Gasteiger partial charge in [-0.1, -0.05) is 0 Å². The van der Waals surface area contributed by atoms with Crippen molar-refractivity contribution in [1.82, 2.24) is 0 Å². The van der Waals surface area contributed by atoms with Crippen LogP contribution in [0.25, 0.3) is 0 Å². The first-order valence-electron chi connectivity index (χ1n) is 7.09. The van der Waals surface area contributed by atoms with Crippen LogP contribution in [0.3, 0.4) is 0 Å². The highest BCUT2D eigenvalue weighted by atomic mass is 16.1. The van der Waals surface area contributed by atoms with Gasteiger partial charge < -0.3 is 15.5 Å². The summed E-state index contributed by atoms with van der Waals surface area (Å²) < 4.78 is 0. The Kier molecular flexibility index (Phi) is 3.52. The van der Waals surface area contributed by atoms with E-state index in [2.05, 4.69) is 10.6 Å². The highest BCUT2D eigenvalue weighted by molar-refractivity contribution is 6.04. The van der Waals surface area contributed by atoms with E-state index in [0.717, 1.165) is 24.3 Å². The second-order valence-electron chi connectivity index (χ2n) is 5.44. The van der Waals surface area contributed by atoms with E-state index in [4.69, 9.17) is 0 Å². The van der Waals surface area contributed by atoms with E-state index in [1.54, 1.807) is 0 Å². The Morgan fingerprint density at radius 3 is 2.62 bits per heavy atom. The van der Waals surface area contributed by atoms with E-state index >= 15 is 0 Å². The molecule has 0 radical (unpaired) electrons. The molecule has 2 aromatic rings. The number of carbonyl (C=O) groups is 1. The van der Waals surface area contributed by atoms with Crippen LogP contribution < -0.4 is 15.5 Å². The number of amides is 1. The van der Waals surface area contributed by atoms with Crippen LogP contribution in [0.1, 0.15) is 15.9 Å². The van der Waals surface area contributed by atoms with Gasteiger partial charge in [0, 0.05) is 43.3 Å². The van der Waals surface area contributed by atoms with E-state index in [1.165, 1.54) is 11.3 Å². The van der Waals surface area contributed by atoms with Crippen LogP contribution in [0.4, 0.5) is 17.1 Å². The van der Waals surface area contributed by atoms with Crippen LogP contribution >= 0.6 is 0 Å².